The average Bonchev–Trinajstić information content (AvgIpc) is 2.58. The van der Waals surface area contributed by atoms with Crippen LogP contribution in [0.15, 0.2) is 10.8 Å². The largest absolute Gasteiger partial charge is 0.428 e. The van der Waals surface area contributed by atoms with Gasteiger partial charge in [0.1, 0.15) is 0 Å². The minimum Gasteiger partial charge on any atom is -0.428 e. The van der Waals surface area contributed by atoms with Gasteiger partial charge in [0, 0.05) is 5.92 Å². The van der Waals surface area contributed by atoms with Crippen LogP contribution in [0.1, 0.15) is 24.7 Å². The maximum atomic E-state index is 5.17. The van der Waals surface area contributed by atoms with E-state index in [1.54, 1.807) is 0 Å². The molecule has 4 nitrogen and oxygen atoms in total. The van der Waals surface area contributed by atoms with Crippen molar-refractivity contribution < 1.29 is 4.42 Å². The van der Waals surface area contributed by atoms with Gasteiger partial charge < -0.3 is 9.32 Å². The predicted molar refractivity (Wildman–Crippen MR) is 43.8 cm³/mol. The van der Waals surface area contributed by atoms with Gasteiger partial charge in [-0.1, -0.05) is 0 Å². The Labute approximate surface area is 71.6 Å². The molecule has 2 heterocycles. The first-order valence-corrected chi connectivity index (χ1v) is 4.31. The third kappa shape index (κ3) is 1.48. The van der Waals surface area contributed by atoms with E-state index in [1.807, 2.05) is 0 Å². The van der Waals surface area contributed by atoms with Gasteiger partial charge in [0.25, 0.3) is 0 Å². The molecule has 2 rings (SSSR count). The molecule has 12 heavy (non-hydrogen) atoms. The first-order chi connectivity index (χ1) is 5.86. The highest BCUT2D eigenvalue weighted by Gasteiger charge is 2.21. The topological polar surface area (TPSA) is 42.2 Å². The maximum Gasteiger partial charge on any atom is 0.219 e. The zero-order valence-electron chi connectivity index (χ0n) is 7.23. The van der Waals surface area contributed by atoms with Crippen LogP contribution in [-0.4, -0.2) is 35.2 Å². The number of likely N-dealkylation sites (tertiary alicyclic amines) is 1. The van der Waals surface area contributed by atoms with E-state index < -0.39 is 0 Å². The van der Waals surface area contributed by atoms with Crippen LogP contribution in [-0.2, 0) is 0 Å². The molecule has 1 aliphatic rings. The first kappa shape index (κ1) is 7.73. The van der Waals surface area contributed by atoms with E-state index in [1.165, 1.54) is 6.39 Å². The van der Waals surface area contributed by atoms with Crippen LogP contribution >= 0.6 is 0 Å². The lowest BCUT2D eigenvalue weighted by Gasteiger charge is -2.26. The maximum absolute atomic E-state index is 5.17. The molecule has 0 unspecified atom stereocenters. The molecule has 0 spiro atoms. The van der Waals surface area contributed by atoms with Crippen molar-refractivity contribution in [2.24, 2.45) is 0 Å². The summed E-state index contributed by atoms with van der Waals surface area (Å²) in [6.45, 7) is 2.26. The lowest BCUT2D eigenvalue weighted by molar-refractivity contribution is 0.237. The van der Waals surface area contributed by atoms with E-state index in [-0.39, 0.29) is 0 Å². The molecule has 0 N–H and O–H groups in total. The zero-order chi connectivity index (χ0) is 8.39. The highest BCUT2D eigenvalue weighted by molar-refractivity contribution is 4.91. The summed E-state index contributed by atoms with van der Waals surface area (Å²) < 4.78 is 5.17. The molecule has 1 aliphatic heterocycles. The van der Waals surface area contributed by atoms with E-state index in [4.69, 9.17) is 4.42 Å². The smallest absolute Gasteiger partial charge is 0.219 e. The average molecular weight is 167 g/mol. The minimum absolute atomic E-state index is 0.490. The number of rotatable bonds is 1. The van der Waals surface area contributed by atoms with Crippen LogP contribution in [0.2, 0.25) is 0 Å². The fraction of sp³-hybridized carbons (Fsp3) is 0.750. The van der Waals surface area contributed by atoms with Gasteiger partial charge in [-0.05, 0) is 33.0 Å². The second-order valence-electron chi connectivity index (χ2n) is 3.35. The standard InChI is InChI=1S/C8H13N3O/c1-11-4-2-7(3-5-11)8-10-9-6-12-8/h6-7H,2-5H2,1H3. The number of hydrogen-bond acceptors (Lipinski definition) is 4. The van der Waals surface area contributed by atoms with Crippen molar-refractivity contribution in [1.82, 2.24) is 15.1 Å². The van der Waals surface area contributed by atoms with Crippen molar-refractivity contribution in [2.45, 2.75) is 18.8 Å². The summed E-state index contributed by atoms with van der Waals surface area (Å²) in [6.07, 6.45) is 3.69. The zero-order valence-corrected chi connectivity index (χ0v) is 7.23. The van der Waals surface area contributed by atoms with Gasteiger partial charge in [-0.15, -0.1) is 10.2 Å². The minimum atomic E-state index is 0.490. The van der Waals surface area contributed by atoms with Crippen molar-refractivity contribution in [3.63, 3.8) is 0 Å². The molecule has 0 aliphatic carbocycles. The van der Waals surface area contributed by atoms with Gasteiger partial charge in [0.2, 0.25) is 12.3 Å². The summed E-state index contributed by atoms with van der Waals surface area (Å²) in [5, 5.41) is 7.62. The van der Waals surface area contributed by atoms with E-state index in [0.29, 0.717) is 5.92 Å². The molecule has 0 amide bonds. The van der Waals surface area contributed by atoms with Crippen molar-refractivity contribution in [2.75, 3.05) is 20.1 Å². The second kappa shape index (κ2) is 3.23. The molecule has 0 atom stereocenters. The van der Waals surface area contributed by atoms with E-state index in [9.17, 15) is 0 Å². The third-order valence-corrected chi connectivity index (χ3v) is 2.44. The molecule has 66 valence electrons. The summed E-state index contributed by atoms with van der Waals surface area (Å²) in [7, 11) is 2.14. The van der Waals surface area contributed by atoms with Crippen LogP contribution < -0.4 is 0 Å². The Balaban J connectivity index is 1.99. The molecular formula is C8H13N3O. The van der Waals surface area contributed by atoms with Crippen LogP contribution in [0, 0.1) is 0 Å². The number of hydrogen-bond donors (Lipinski definition) is 0. The van der Waals surface area contributed by atoms with Crippen molar-refractivity contribution >= 4 is 0 Å². The molecule has 4 heteroatoms. The number of nitrogens with zero attached hydrogens (tertiary/aromatic N) is 3. The lowest BCUT2D eigenvalue weighted by atomic mass is 9.97. The summed E-state index contributed by atoms with van der Waals surface area (Å²) >= 11 is 0. The highest BCUT2D eigenvalue weighted by atomic mass is 16.4. The van der Waals surface area contributed by atoms with Crippen LogP contribution in [0.5, 0.6) is 0 Å². The number of piperidine rings is 1. The fourth-order valence-electron chi connectivity index (χ4n) is 1.62. The lowest BCUT2D eigenvalue weighted by Crippen LogP contribution is -2.29. The van der Waals surface area contributed by atoms with Gasteiger partial charge in [-0.3, -0.25) is 0 Å². The van der Waals surface area contributed by atoms with Crippen LogP contribution in [0.25, 0.3) is 0 Å². The van der Waals surface area contributed by atoms with Gasteiger partial charge in [0.15, 0.2) is 0 Å². The second-order valence-corrected chi connectivity index (χ2v) is 3.35. The first-order valence-electron chi connectivity index (χ1n) is 4.31. The Hall–Kier alpha value is -0.900. The molecule has 0 bridgehead atoms. The summed E-state index contributed by atoms with van der Waals surface area (Å²) in [6, 6.07) is 0. The highest BCUT2D eigenvalue weighted by Crippen LogP contribution is 2.25. The predicted octanol–water partition coefficient (Wildman–Crippen LogP) is 0.879. The van der Waals surface area contributed by atoms with Crippen molar-refractivity contribution in [1.29, 1.82) is 0 Å². The molecule has 1 aromatic rings. The summed E-state index contributed by atoms with van der Waals surface area (Å²) in [5.41, 5.74) is 0. The Morgan fingerprint density at radius 1 is 1.50 bits per heavy atom. The van der Waals surface area contributed by atoms with Crippen molar-refractivity contribution in [3.05, 3.63) is 12.3 Å². The van der Waals surface area contributed by atoms with E-state index in [2.05, 4.69) is 22.1 Å². The molecule has 1 aromatic heterocycles. The Morgan fingerprint density at radius 2 is 2.25 bits per heavy atom. The van der Waals surface area contributed by atoms with Gasteiger partial charge in [-0.2, -0.15) is 0 Å². The Morgan fingerprint density at radius 3 is 2.83 bits per heavy atom. The molecule has 0 aromatic carbocycles. The normalized spacial score (nSPS) is 21.4. The van der Waals surface area contributed by atoms with E-state index in [0.717, 1.165) is 31.8 Å². The molecule has 0 saturated carbocycles. The fourth-order valence-corrected chi connectivity index (χ4v) is 1.62. The third-order valence-electron chi connectivity index (χ3n) is 2.44. The summed E-state index contributed by atoms with van der Waals surface area (Å²) in [5.74, 6) is 1.30. The van der Waals surface area contributed by atoms with Gasteiger partial charge in [-0.25, -0.2) is 0 Å². The molecule has 0 radical (unpaired) electrons. The number of aromatic nitrogens is 2. The van der Waals surface area contributed by atoms with Crippen LogP contribution in [0.3, 0.4) is 0 Å². The quantitative estimate of drug-likeness (QED) is 0.622. The monoisotopic (exact) mass is 167 g/mol. The Bertz CT molecular complexity index is 226. The van der Waals surface area contributed by atoms with Gasteiger partial charge in [0.05, 0.1) is 0 Å². The molecule has 1 fully saturated rings. The van der Waals surface area contributed by atoms with E-state index >= 15 is 0 Å². The molecule has 1 saturated heterocycles. The molecular weight excluding hydrogens is 154 g/mol. The Kier molecular flexibility index (Phi) is 2.08. The SMILES string of the molecule is CN1CCC(c2nnco2)CC1. The summed E-state index contributed by atoms with van der Waals surface area (Å²) in [4.78, 5) is 2.33. The van der Waals surface area contributed by atoms with Crippen LogP contribution in [0.4, 0.5) is 0 Å². The van der Waals surface area contributed by atoms with Crippen molar-refractivity contribution in [3.8, 4) is 0 Å². The van der Waals surface area contributed by atoms with Gasteiger partial charge >= 0.3 is 0 Å².